The maximum Gasteiger partial charge on any atom is 0.417 e. The fraction of sp³-hybridized carbons (Fsp3) is 0.333. The van der Waals surface area contributed by atoms with Crippen molar-refractivity contribution in [1.29, 1.82) is 0 Å². The van der Waals surface area contributed by atoms with E-state index in [2.05, 4.69) is 5.32 Å². The second kappa shape index (κ2) is 8.17. The van der Waals surface area contributed by atoms with Gasteiger partial charge in [0.05, 0.1) is 16.6 Å². The molecule has 0 aliphatic carbocycles. The molecule has 28 heavy (non-hydrogen) atoms. The van der Waals surface area contributed by atoms with Gasteiger partial charge in [0.1, 0.15) is 6.54 Å². The lowest BCUT2D eigenvalue weighted by atomic mass is 10.2. The molecular formula is C18H19F3N2O4S. The highest BCUT2D eigenvalue weighted by Gasteiger charge is 2.31. The van der Waals surface area contributed by atoms with Crippen LogP contribution in [-0.2, 0) is 33.1 Å². The number of sulfone groups is 1. The Balaban J connectivity index is 2.14. The molecule has 1 aromatic heterocycles. The van der Waals surface area contributed by atoms with E-state index in [1.54, 1.807) is 26.0 Å². The number of alkyl halides is 3. The largest absolute Gasteiger partial charge is 0.417 e. The van der Waals surface area contributed by atoms with E-state index in [4.69, 9.17) is 0 Å². The standard InChI is InChI=1S/C18H19F3N2O4S/c1-12(2)28(26,27)11-13-4-3-5-15(8-13)22-16(24)10-23-9-14(18(19,20)21)6-7-17(23)25/h3-9,12H,10-11H2,1-2H3,(H,22,24). The molecule has 1 amide bonds. The third-order valence-electron chi connectivity index (χ3n) is 3.92. The number of amides is 1. The average Bonchev–Trinajstić information content (AvgIpc) is 2.55. The fourth-order valence-corrected chi connectivity index (χ4v) is 3.29. The predicted molar refractivity (Wildman–Crippen MR) is 98.5 cm³/mol. The summed E-state index contributed by atoms with van der Waals surface area (Å²) >= 11 is 0. The Morgan fingerprint density at radius 1 is 1.18 bits per heavy atom. The van der Waals surface area contributed by atoms with Gasteiger partial charge >= 0.3 is 6.18 Å². The smallest absolute Gasteiger partial charge is 0.325 e. The van der Waals surface area contributed by atoms with Gasteiger partial charge in [0.25, 0.3) is 5.56 Å². The topological polar surface area (TPSA) is 85.2 Å². The molecule has 0 saturated carbocycles. The van der Waals surface area contributed by atoms with E-state index in [-0.39, 0.29) is 11.4 Å². The molecule has 0 radical (unpaired) electrons. The lowest BCUT2D eigenvalue weighted by Crippen LogP contribution is -2.28. The van der Waals surface area contributed by atoms with E-state index in [1.807, 2.05) is 0 Å². The molecule has 2 aromatic rings. The zero-order chi connectivity index (χ0) is 21.1. The first-order valence-corrected chi connectivity index (χ1v) is 9.98. The van der Waals surface area contributed by atoms with Crippen LogP contribution >= 0.6 is 0 Å². The molecule has 10 heteroatoms. The van der Waals surface area contributed by atoms with E-state index in [1.165, 1.54) is 12.1 Å². The van der Waals surface area contributed by atoms with Gasteiger partial charge < -0.3 is 9.88 Å². The van der Waals surface area contributed by atoms with Gasteiger partial charge in [-0.15, -0.1) is 0 Å². The number of benzene rings is 1. The molecule has 1 N–H and O–H groups in total. The van der Waals surface area contributed by atoms with E-state index >= 15 is 0 Å². The Kier molecular flexibility index (Phi) is 6.33. The molecule has 0 saturated heterocycles. The van der Waals surface area contributed by atoms with Crippen molar-refractivity contribution in [2.75, 3.05) is 5.32 Å². The summed E-state index contributed by atoms with van der Waals surface area (Å²) in [6.45, 7) is 2.51. The molecule has 0 unspecified atom stereocenters. The summed E-state index contributed by atoms with van der Waals surface area (Å²) in [6.07, 6.45) is -4.06. The number of carbonyl (C=O) groups is 1. The van der Waals surface area contributed by atoms with E-state index < -0.39 is 44.8 Å². The van der Waals surface area contributed by atoms with E-state index in [9.17, 15) is 31.2 Å². The summed E-state index contributed by atoms with van der Waals surface area (Å²) < 4.78 is 62.9. The van der Waals surface area contributed by atoms with Crippen molar-refractivity contribution < 1.29 is 26.4 Å². The molecule has 0 atom stereocenters. The van der Waals surface area contributed by atoms with Crippen LogP contribution in [-0.4, -0.2) is 24.1 Å². The zero-order valence-corrected chi connectivity index (χ0v) is 16.0. The van der Waals surface area contributed by atoms with Gasteiger partial charge in [0.15, 0.2) is 9.84 Å². The third kappa shape index (κ3) is 5.69. The summed E-state index contributed by atoms with van der Waals surface area (Å²) in [7, 11) is -3.33. The van der Waals surface area contributed by atoms with Crippen molar-refractivity contribution >= 4 is 21.4 Å². The number of carbonyl (C=O) groups excluding carboxylic acids is 1. The van der Waals surface area contributed by atoms with Crippen LogP contribution in [0.15, 0.2) is 47.4 Å². The molecule has 2 rings (SSSR count). The molecule has 0 spiro atoms. The minimum Gasteiger partial charge on any atom is -0.325 e. The molecule has 1 heterocycles. The Hall–Kier alpha value is -2.62. The maximum absolute atomic E-state index is 12.8. The summed E-state index contributed by atoms with van der Waals surface area (Å²) in [5.41, 5.74) is -1.05. The minimum atomic E-state index is -4.64. The van der Waals surface area contributed by atoms with Crippen molar-refractivity contribution in [3.05, 3.63) is 64.1 Å². The molecule has 0 aliphatic rings. The monoisotopic (exact) mass is 416 g/mol. The normalized spacial score (nSPS) is 12.2. The van der Waals surface area contributed by atoms with Crippen molar-refractivity contribution in [2.24, 2.45) is 0 Å². The third-order valence-corrected chi connectivity index (χ3v) is 6.09. The fourth-order valence-electron chi connectivity index (χ4n) is 2.32. The van der Waals surface area contributed by atoms with Gasteiger partial charge in [0, 0.05) is 18.0 Å². The van der Waals surface area contributed by atoms with Gasteiger partial charge in [-0.1, -0.05) is 12.1 Å². The Morgan fingerprint density at radius 2 is 1.86 bits per heavy atom. The highest BCUT2D eigenvalue weighted by Crippen LogP contribution is 2.28. The van der Waals surface area contributed by atoms with Crippen molar-refractivity contribution in [3.63, 3.8) is 0 Å². The summed E-state index contributed by atoms with van der Waals surface area (Å²) in [6, 6.07) is 7.51. The maximum atomic E-state index is 12.8. The van der Waals surface area contributed by atoms with Gasteiger partial charge in [0.2, 0.25) is 5.91 Å². The Bertz CT molecular complexity index is 1030. The van der Waals surface area contributed by atoms with E-state index in [0.717, 1.165) is 6.07 Å². The molecular weight excluding hydrogens is 397 g/mol. The SMILES string of the molecule is CC(C)S(=O)(=O)Cc1cccc(NC(=O)Cn2cc(C(F)(F)F)ccc2=O)c1. The van der Waals surface area contributed by atoms with Crippen molar-refractivity contribution in [1.82, 2.24) is 4.57 Å². The second-order valence-electron chi connectivity index (χ2n) is 6.49. The number of halogens is 3. The number of nitrogens with zero attached hydrogens (tertiary/aromatic N) is 1. The van der Waals surface area contributed by atoms with Crippen molar-refractivity contribution in [2.45, 2.75) is 37.6 Å². The first-order chi connectivity index (χ1) is 12.9. The highest BCUT2D eigenvalue weighted by molar-refractivity contribution is 7.91. The second-order valence-corrected chi connectivity index (χ2v) is 9.04. The van der Waals surface area contributed by atoms with Gasteiger partial charge in [-0.3, -0.25) is 9.59 Å². The first-order valence-electron chi connectivity index (χ1n) is 8.26. The van der Waals surface area contributed by atoms with Crippen LogP contribution in [0.3, 0.4) is 0 Å². The van der Waals surface area contributed by atoms with Crippen LogP contribution in [0.25, 0.3) is 0 Å². The quantitative estimate of drug-likeness (QED) is 0.785. The number of pyridine rings is 1. The zero-order valence-electron chi connectivity index (χ0n) is 15.2. The van der Waals surface area contributed by atoms with E-state index in [0.29, 0.717) is 22.4 Å². The average molecular weight is 416 g/mol. The predicted octanol–water partition coefficient (Wildman–Crippen LogP) is 2.83. The summed E-state index contributed by atoms with van der Waals surface area (Å²) in [4.78, 5) is 23.8. The highest BCUT2D eigenvalue weighted by atomic mass is 32.2. The number of aromatic nitrogens is 1. The lowest BCUT2D eigenvalue weighted by Gasteiger charge is -2.12. The van der Waals surface area contributed by atoms with Gasteiger partial charge in [-0.25, -0.2) is 8.42 Å². The Labute approximate surface area is 159 Å². The van der Waals surface area contributed by atoms with Crippen LogP contribution in [0.1, 0.15) is 25.0 Å². The molecule has 0 aliphatic heterocycles. The number of anilines is 1. The Morgan fingerprint density at radius 3 is 2.46 bits per heavy atom. The van der Waals surface area contributed by atoms with Crippen molar-refractivity contribution in [3.8, 4) is 0 Å². The van der Waals surface area contributed by atoms with Crippen LogP contribution < -0.4 is 10.9 Å². The van der Waals surface area contributed by atoms with Crippen LogP contribution in [0.2, 0.25) is 0 Å². The van der Waals surface area contributed by atoms with Gasteiger partial charge in [-0.05, 0) is 37.6 Å². The molecule has 0 fully saturated rings. The molecule has 0 bridgehead atoms. The molecule has 1 aromatic carbocycles. The minimum absolute atomic E-state index is 0.207. The summed E-state index contributed by atoms with van der Waals surface area (Å²) in [5.74, 6) is -0.924. The number of hydrogen-bond donors (Lipinski definition) is 1. The first kappa shape index (κ1) is 21.7. The number of rotatable bonds is 6. The van der Waals surface area contributed by atoms with Crippen LogP contribution in [0, 0.1) is 0 Å². The van der Waals surface area contributed by atoms with Gasteiger partial charge in [-0.2, -0.15) is 13.2 Å². The lowest BCUT2D eigenvalue weighted by molar-refractivity contribution is -0.138. The van der Waals surface area contributed by atoms with Crippen LogP contribution in [0.4, 0.5) is 18.9 Å². The summed E-state index contributed by atoms with van der Waals surface area (Å²) in [5, 5.41) is 1.90. The number of hydrogen-bond acceptors (Lipinski definition) is 4. The molecule has 152 valence electrons. The van der Waals surface area contributed by atoms with Crippen LogP contribution in [0.5, 0.6) is 0 Å². The molecule has 6 nitrogen and oxygen atoms in total. The number of nitrogens with one attached hydrogen (secondary N) is 1.